The molecule has 0 spiro atoms. The number of hydrogen-bond acceptors (Lipinski definition) is 4. The van der Waals surface area contributed by atoms with Crippen LogP contribution in [0.3, 0.4) is 0 Å². The minimum atomic E-state index is -0.0245. The molecule has 0 saturated carbocycles. The van der Waals surface area contributed by atoms with Crippen LogP contribution in [0.4, 0.5) is 11.4 Å². The van der Waals surface area contributed by atoms with Gasteiger partial charge in [0.25, 0.3) is 5.91 Å². The Labute approximate surface area is 188 Å². The molecule has 0 atom stereocenters. The molecule has 2 aromatic rings. The summed E-state index contributed by atoms with van der Waals surface area (Å²) in [5.41, 5.74) is 2.31. The van der Waals surface area contributed by atoms with Crippen LogP contribution < -0.4 is 15.5 Å². The summed E-state index contributed by atoms with van der Waals surface area (Å²) in [6.07, 6.45) is 3.70. The van der Waals surface area contributed by atoms with E-state index in [1.807, 2.05) is 54.6 Å². The first-order valence-electron chi connectivity index (χ1n) is 11.4. The van der Waals surface area contributed by atoms with Crippen molar-refractivity contribution in [3.05, 3.63) is 60.2 Å². The van der Waals surface area contributed by atoms with Crippen molar-refractivity contribution < 1.29 is 14.4 Å². The summed E-state index contributed by atoms with van der Waals surface area (Å²) >= 11 is 0. The minimum absolute atomic E-state index is 0.0190. The van der Waals surface area contributed by atoms with Crippen LogP contribution in [0.5, 0.6) is 0 Å². The topological polar surface area (TPSA) is 81.8 Å². The van der Waals surface area contributed by atoms with Crippen molar-refractivity contribution in [2.75, 3.05) is 36.4 Å². The van der Waals surface area contributed by atoms with Crippen LogP contribution in [0.2, 0.25) is 0 Å². The first-order chi connectivity index (χ1) is 15.6. The summed E-state index contributed by atoms with van der Waals surface area (Å²) in [6.45, 7) is 3.19. The Hall–Kier alpha value is -3.19. The third-order valence-electron chi connectivity index (χ3n) is 6.15. The van der Waals surface area contributed by atoms with Crippen molar-refractivity contribution in [3.63, 3.8) is 0 Å². The van der Waals surface area contributed by atoms with Crippen molar-refractivity contribution in [3.8, 4) is 0 Å². The molecular weight excluding hydrogens is 404 g/mol. The van der Waals surface area contributed by atoms with Crippen molar-refractivity contribution in [2.45, 2.75) is 38.1 Å². The van der Waals surface area contributed by atoms with Gasteiger partial charge in [-0.05, 0) is 55.7 Å². The molecule has 0 unspecified atom stereocenters. The maximum absolute atomic E-state index is 12.4. The number of anilines is 2. The Bertz CT molecular complexity index is 937. The normalized spacial score (nSPS) is 17.4. The molecule has 0 aromatic heterocycles. The molecule has 2 aromatic carbocycles. The van der Waals surface area contributed by atoms with E-state index in [-0.39, 0.29) is 23.8 Å². The highest BCUT2D eigenvalue weighted by molar-refractivity contribution is 5.96. The molecule has 2 aliphatic heterocycles. The largest absolute Gasteiger partial charge is 0.349 e. The smallest absolute Gasteiger partial charge is 0.251 e. The molecule has 4 rings (SSSR count). The molecule has 2 heterocycles. The third kappa shape index (κ3) is 5.73. The van der Waals surface area contributed by atoms with Gasteiger partial charge in [-0.3, -0.25) is 14.4 Å². The van der Waals surface area contributed by atoms with E-state index in [0.717, 1.165) is 50.3 Å². The zero-order valence-electron chi connectivity index (χ0n) is 18.3. The number of piperidine rings is 1. The summed E-state index contributed by atoms with van der Waals surface area (Å²) in [7, 11) is 0. The fourth-order valence-electron chi connectivity index (χ4n) is 4.29. The number of carbonyl (C=O) groups excluding carboxylic acids is 3. The van der Waals surface area contributed by atoms with Gasteiger partial charge in [0.05, 0.1) is 0 Å². The average Bonchev–Trinajstić information content (AvgIpc) is 3.25. The fourth-order valence-corrected chi connectivity index (χ4v) is 4.29. The lowest BCUT2D eigenvalue weighted by Crippen LogP contribution is -2.45. The number of carbonyl (C=O) groups is 3. The van der Waals surface area contributed by atoms with Crippen LogP contribution in [0, 0.1) is 0 Å². The second-order valence-electron chi connectivity index (χ2n) is 8.45. The monoisotopic (exact) mass is 434 g/mol. The average molecular weight is 435 g/mol. The Kier molecular flexibility index (Phi) is 7.17. The van der Waals surface area contributed by atoms with E-state index < -0.39 is 0 Å². The molecule has 2 fully saturated rings. The lowest BCUT2D eigenvalue weighted by molar-refractivity contribution is -0.117. The SMILES string of the molecule is O=C(CCN1CCC(NC(=O)c2ccccc2)CC1)Nc1ccc(N2CCCC2=O)cc1. The second kappa shape index (κ2) is 10.4. The van der Waals surface area contributed by atoms with E-state index in [0.29, 0.717) is 24.9 Å². The molecule has 0 radical (unpaired) electrons. The third-order valence-corrected chi connectivity index (χ3v) is 6.15. The van der Waals surface area contributed by atoms with E-state index in [2.05, 4.69) is 15.5 Å². The zero-order valence-corrected chi connectivity index (χ0v) is 18.3. The molecule has 32 heavy (non-hydrogen) atoms. The Balaban J connectivity index is 1.16. The van der Waals surface area contributed by atoms with Crippen LogP contribution >= 0.6 is 0 Å². The number of hydrogen-bond donors (Lipinski definition) is 2. The molecule has 2 aliphatic rings. The van der Waals surface area contributed by atoms with Crippen molar-refractivity contribution in [2.24, 2.45) is 0 Å². The van der Waals surface area contributed by atoms with Gasteiger partial charge in [0, 0.05) is 62.0 Å². The first-order valence-corrected chi connectivity index (χ1v) is 11.4. The lowest BCUT2D eigenvalue weighted by atomic mass is 10.0. The summed E-state index contributed by atoms with van der Waals surface area (Å²) in [6, 6.07) is 16.9. The van der Waals surface area contributed by atoms with Gasteiger partial charge in [0.2, 0.25) is 11.8 Å². The highest BCUT2D eigenvalue weighted by Gasteiger charge is 2.22. The summed E-state index contributed by atoms with van der Waals surface area (Å²) in [5.74, 6) is 0.114. The van der Waals surface area contributed by atoms with E-state index in [9.17, 15) is 14.4 Å². The number of rotatable bonds is 7. The lowest BCUT2D eigenvalue weighted by Gasteiger charge is -2.32. The van der Waals surface area contributed by atoms with Crippen LogP contribution in [-0.2, 0) is 9.59 Å². The highest BCUT2D eigenvalue weighted by atomic mass is 16.2. The fraction of sp³-hybridized carbons (Fsp3) is 0.400. The molecule has 0 bridgehead atoms. The quantitative estimate of drug-likeness (QED) is 0.702. The molecule has 7 nitrogen and oxygen atoms in total. The van der Waals surface area contributed by atoms with Crippen molar-refractivity contribution in [1.82, 2.24) is 10.2 Å². The molecule has 0 aliphatic carbocycles. The van der Waals surface area contributed by atoms with Crippen LogP contribution in [-0.4, -0.2) is 54.8 Å². The van der Waals surface area contributed by atoms with Gasteiger partial charge in [0.15, 0.2) is 0 Å². The molecular formula is C25H30N4O3. The number of likely N-dealkylation sites (tertiary alicyclic amines) is 1. The Morgan fingerprint density at radius 3 is 2.31 bits per heavy atom. The van der Waals surface area contributed by atoms with Gasteiger partial charge < -0.3 is 20.4 Å². The minimum Gasteiger partial charge on any atom is -0.349 e. The van der Waals surface area contributed by atoms with E-state index in [1.165, 1.54) is 0 Å². The van der Waals surface area contributed by atoms with Crippen LogP contribution in [0.15, 0.2) is 54.6 Å². The van der Waals surface area contributed by atoms with Crippen LogP contribution in [0.25, 0.3) is 0 Å². The predicted octanol–water partition coefficient (Wildman–Crippen LogP) is 3.04. The highest BCUT2D eigenvalue weighted by Crippen LogP contribution is 2.23. The second-order valence-corrected chi connectivity index (χ2v) is 8.45. The van der Waals surface area contributed by atoms with E-state index in [4.69, 9.17) is 0 Å². The summed E-state index contributed by atoms with van der Waals surface area (Å²) in [5, 5.41) is 6.05. The summed E-state index contributed by atoms with van der Waals surface area (Å²) < 4.78 is 0. The maximum Gasteiger partial charge on any atom is 0.251 e. The molecule has 2 saturated heterocycles. The van der Waals surface area contributed by atoms with E-state index >= 15 is 0 Å². The van der Waals surface area contributed by atoms with Crippen molar-refractivity contribution in [1.29, 1.82) is 0 Å². The Morgan fingerprint density at radius 2 is 1.66 bits per heavy atom. The van der Waals surface area contributed by atoms with Crippen LogP contribution in [0.1, 0.15) is 42.5 Å². The predicted molar refractivity (Wildman–Crippen MR) is 125 cm³/mol. The van der Waals surface area contributed by atoms with Gasteiger partial charge in [-0.2, -0.15) is 0 Å². The van der Waals surface area contributed by atoms with Gasteiger partial charge in [-0.15, -0.1) is 0 Å². The number of amides is 3. The molecule has 3 amide bonds. The van der Waals surface area contributed by atoms with Gasteiger partial charge >= 0.3 is 0 Å². The van der Waals surface area contributed by atoms with Gasteiger partial charge in [0.1, 0.15) is 0 Å². The molecule has 168 valence electrons. The van der Waals surface area contributed by atoms with Crippen molar-refractivity contribution >= 4 is 29.1 Å². The maximum atomic E-state index is 12.4. The number of benzene rings is 2. The van der Waals surface area contributed by atoms with Gasteiger partial charge in [-0.1, -0.05) is 18.2 Å². The van der Waals surface area contributed by atoms with Gasteiger partial charge in [-0.25, -0.2) is 0 Å². The standard InChI is InChI=1S/C25H30N4O3/c30-23(26-20-8-10-22(11-9-20)29-15-4-7-24(29)31)14-18-28-16-12-21(13-17-28)27-25(32)19-5-2-1-3-6-19/h1-3,5-6,8-11,21H,4,7,12-18H2,(H,26,30)(H,27,32). The molecule has 7 heteroatoms. The summed E-state index contributed by atoms with van der Waals surface area (Å²) in [4.78, 5) is 40.6. The Morgan fingerprint density at radius 1 is 0.938 bits per heavy atom. The number of nitrogens with one attached hydrogen (secondary N) is 2. The number of nitrogens with zero attached hydrogens (tertiary/aromatic N) is 2. The molecule has 2 N–H and O–H groups in total. The van der Waals surface area contributed by atoms with E-state index in [1.54, 1.807) is 4.90 Å². The first kappa shape index (κ1) is 22.0. The zero-order chi connectivity index (χ0) is 22.3.